The fraction of sp³-hybridized carbons (Fsp3) is 0.600. The van der Waals surface area contributed by atoms with Crippen molar-refractivity contribution < 1.29 is 4.79 Å². The number of nitrogens with one attached hydrogen (secondary N) is 1. The van der Waals surface area contributed by atoms with Crippen LogP contribution in [0.15, 0.2) is 6.07 Å². The van der Waals surface area contributed by atoms with Crippen LogP contribution in [0, 0.1) is 12.8 Å². The molecule has 3 nitrogen and oxygen atoms in total. The maximum atomic E-state index is 12.4. The topological polar surface area (TPSA) is 42.0 Å². The smallest absolute Gasteiger partial charge is 0.227 e. The van der Waals surface area contributed by atoms with Crippen LogP contribution in [-0.4, -0.2) is 10.9 Å². The lowest BCUT2D eigenvalue weighted by atomic mass is 9.90. The third kappa shape index (κ3) is 4.10. The molecule has 0 unspecified atom stereocenters. The van der Waals surface area contributed by atoms with Crippen molar-refractivity contribution in [2.24, 2.45) is 5.92 Å². The van der Waals surface area contributed by atoms with E-state index in [1.165, 1.54) is 19.3 Å². The molecule has 0 spiro atoms. The second-order valence-electron chi connectivity index (χ2n) is 5.46. The van der Waals surface area contributed by atoms with Crippen molar-refractivity contribution in [3.63, 3.8) is 0 Å². The van der Waals surface area contributed by atoms with Gasteiger partial charge in [0.15, 0.2) is 5.15 Å². The third-order valence-electron chi connectivity index (χ3n) is 3.87. The first-order valence-corrected chi connectivity index (χ1v) is 7.97. The number of halogens is 2. The van der Waals surface area contributed by atoms with Gasteiger partial charge in [-0.3, -0.25) is 4.79 Å². The highest BCUT2D eigenvalue weighted by Gasteiger charge is 2.21. The average Bonchev–Trinajstić information content (AvgIpc) is 2.33. The Kier molecular flexibility index (Phi) is 5.67. The van der Waals surface area contributed by atoms with Crippen molar-refractivity contribution in [2.45, 2.75) is 51.9 Å². The molecule has 20 heavy (non-hydrogen) atoms. The van der Waals surface area contributed by atoms with Crippen LogP contribution in [0.25, 0.3) is 0 Å². The molecule has 1 amide bonds. The van der Waals surface area contributed by atoms with Gasteiger partial charge in [-0.2, -0.15) is 0 Å². The van der Waals surface area contributed by atoms with Crippen molar-refractivity contribution in [1.29, 1.82) is 0 Å². The van der Waals surface area contributed by atoms with Gasteiger partial charge in [0.2, 0.25) is 5.91 Å². The standard InChI is InChI=1S/C15H20Cl2N2O/c1-10-9-12(16)18-14(17)13(10)19-15(20)11-7-5-3-2-4-6-8-11/h9,11H,2-8H2,1H3,(H,19,20). The molecule has 5 heteroatoms. The van der Waals surface area contributed by atoms with Crippen LogP contribution >= 0.6 is 23.2 Å². The fourth-order valence-corrected chi connectivity index (χ4v) is 3.27. The largest absolute Gasteiger partial charge is 0.323 e. The number of amides is 1. The molecule has 1 aliphatic carbocycles. The number of aryl methyl sites for hydroxylation is 1. The molecule has 110 valence electrons. The molecular formula is C15H20Cl2N2O. The maximum absolute atomic E-state index is 12.4. The maximum Gasteiger partial charge on any atom is 0.227 e. The number of carbonyl (C=O) groups excluding carboxylic acids is 1. The molecule has 1 aromatic rings. The van der Waals surface area contributed by atoms with E-state index in [9.17, 15) is 4.79 Å². The summed E-state index contributed by atoms with van der Waals surface area (Å²) in [5.74, 6) is 0.141. The monoisotopic (exact) mass is 314 g/mol. The first-order chi connectivity index (χ1) is 9.58. The first-order valence-electron chi connectivity index (χ1n) is 7.21. The van der Waals surface area contributed by atoms with Gasteiger partial charge in [0, 0.05) is 5.92 Å². The molecule has 0 aliphatic heterocycles. The van der Waals surface area contributed by atoms with Crippen LogP contribution in [0.4, 0.5) is 5.69 Å². The van der Waals surface area contributed by atoms with Gasteiger partial charge in [0.05, 0.1) is 5.69 Å². The lowest BCUT2D eigenvalue weighted by Crippen LogP contribution is -2.24. The van der Waals surface area contributed by atoms with Gasteiger partial charge in [-0.1, -0.05) is 55.3 Å². The third-order valence-corrected chi connectivity index (χ3v) is 4.33. The first kappa shape index (κ1) is 15.6. The molecule has 1 aliphatic rings. The predicted octanol–water partition coefficient (Wildman–Crippen LogP) is 5.00. The highest BCUT2D eigenvalue weighted by Crippen LogP contribution is 2.29. The molecule has 0 aromatic carbocycles. The molecule has 1 N–H and O–H groups in total. The van der Waals surface area contributed by atoms with E-state index in [0.717, 1.165) is 31.2 Å². The minimum atomic E-state index is 0.0565. The summed E-state index contributed by atoms with van der Waals surface area (Å²) >= 11 is 11.9. The molecule has 1 aromatic heterocycles. The van der Waals surface area contributed by atoms with Crippen LogP contribution in [0.3, 0.4) is 0 Å². The number of pyridine rings is 1. The highest BCUT2D eigenvalue weighted by molar-refractivity contribution is 6.34. The molecule has 0 saturated heterocycles. The number of rotatable bonds is 2. The summed E-state index contributed by atoms with van der Waals surface area (Å²) < 4.78 is 0. The van der Waals surface area contributed by atoms with Crippen LogP contribution in [0.5, 0.6) is 0 Å². The van der Waals surface area contributed by atoms with Crippen LogP contribution in [0.2, 0.25) is 10.3 Å². The summed E-state index contributed by atoms with van der Waals surface area (Å²) in [6, 6.07) is 1.71. The Balaban J connectivity index is 2.06. The van der Waals surface area contributed by atoms with E-state index in [0.29, 0.717) is 10.8 Å². The summed E-state index contributed by atoms with van der Waals surface area (Å²) in [7, 11) is 0. The molecule has 0 atom stereocenters. The summed E-state index contributed by atoms with van der Waals surface area (Å²) in [5, 5.41) is 3.53. The lowest BCUT2D eigenvalue weighted by molar-refractivity contribution is -0.120. The zero-order valence-electron chi connectivity index (χ0n) is 11.7. The summed E-state index contributed by atoms with van der Waals surface area (Å²) in [5.41, 5.74) is 1.43. The van der Waals surface area contributed by atoms with Crippen molar-refractivity contribution in [3.8, 4) is 0 Å². The second kappa shape index (κ2) is 7.28. The molecular weight excluding hydrogens is 295 g/mol. The van der Waals surface area contributed by atoms with Crippen LogP contribution in [0.1, 0.15) is 50.5 Å². The van der Waals surface area contributed by atoms with E-state index < -0.39 is 0 Å². The minimum Gasteiger partial charge on any atom is -0.323 e. The number of carbonyl (C=O) groups is 1. The molecule has 2 rings (SSSR count). The van der Waals surface area contributed by atoms with Crippen LogP contribution in [-0.2, 0) is 4.79 Å². The zero-order valence-corrected chi connectivity index (χ0v) is 13.2. The summed E-state index contributed by atoms with van der Waals surface area (Å²) in [4.78, 5) is 16.4. The fourth-order valence-electron chi connectivity index (χ4n) is 2.69. The van der Waals surface area contributed by atoms with Crippen molar-refractivity contribution in [1.82, 2.24) is 4.98 Å². The number of anilines is 1. The number of hydrogen-bond donors (Lipinski definition) is 1. The SMILES string of the molecule is Cc1cc(Cl)nc(Cl)c1NC(=O)C1CCCCCCC1. The molecule has 1 fully saturated rings. The molecule has 0 radical (unpaired) electrons. The van der Waals surface area contributed by atoms with Crippen LogP contribution < -0.4 is 5.32 Å². The lowest BCUT2D eigenvalue weighted by Gasteiger charge is -2.20. The van der Waals surface area contributed by atoms with Crippen molar-refractivity contribution in [2.75, 3.05) is 5.32 Å². The Hall–Kier alpha value is -0.800. The van der Waals surface area contributed by atoms with E-state index in [4.69, 9.17) is 23.2 Å². The number of aromatic nitrogens is 1. The quantitative estimate of drug-likeness (QED) is 0.781. The number of hydrogen-bond acceptors (Lipinski definition) is 2. The highest BCUT2D eigenvalue weighted by atomic mass is 35.5. The summed E-state index contributed by atoms with van der Waals surface area (Å²) in [6.07, 6.45) is 7.93. The Morgan fingerprint density at radius 2 is 1.80 bits per heavy atom. The van der Waals surface area contributed by atoms with E-state index in [1.54, 1.807) is 6.07 Å². The van der Waals surface area contributed by atoms with Crippen molar-refractivity contribution >= 4 is 34.8 Å². The van der Waals surface area contributed by atoms with Gasteiger partial charge >= 0.3 is 0 Å². The molecule has 1 heterocycles. The average molecular weight is 315 g/mol. The Labute approximate surface area is 130 Å². The van der Waals surface area contributed by atoms with E-state index in [2.05, 4.69) is 10.3 Å². The molecule has 1 saturated carbocycles. The Morgan fingerprint density at radius 1 is 1.20 bits per heavy atom. The van der Waals surface area contributed by atoms with E-state index in [1.807, 2.05) is 6.92 Å². The van der Waals surface area contributed by atoms with Gasteiger partial charge in [-0.15, -0.1) is 0 Å². The zero-order chi connectivity index (χ0) is 14.5. The van der Waals surface area contributed by atoms with Gasteiger partial charge in [-0.05, 0) is 31.4 Å². The van der Waals surface area contributed by atoms with Gasteiger partial charge in [0.25, 0.3) is 0 Å². The number of nitrogens with zero attached hydrogens (tertiary/aromatic N) is 1. The van der Waals surface area contributed by atoms with E-state index >= 15 is 0 Å². The predicted molar refractivity (Wildman–Crippen MR) is 83.4 cm³/mol. The Morgan fingerprint density at radius 3 is 2.40 bits per heavy atom. The Bertz CT molecular complexity index is 460. The van der Waals surface area contributed by atoms with E-state index in [-0.39, 0.29) is 17.0 Å². The van der Waals surface area contributed by atoms with Gasteiger partial charge in [0.1, 0.15) is 5.15 Å². The van der Waals surface area contributed by atoms with Gasteiger partial charge < -0.3 is 5.32 Å². The normalized spacial score (nSPS) is 17.4. The van der Waals surface area contributed by atoms with Gasteiger partial charge in [-0.25, -0.2) is 4.98 Å². The summed E-state index contributed by atoms with van der Waals surface area (Å²) in [6.45, 7) is 1.87. The second-order valence-corrected chi connectivity index (χ2v) is 6.20. The molecule has 0 bridgehead atoms. The minimum absolute atomic E-state index is 0.0565. The van der Waals surface area contributed by atoms with Crippen molar-refractivity contribution in [3.05, 3.63) is 21.9 Å².